The summed E-state index contributed by atoms with van der Waals surface area (Å²) in [5, 5.41) is 26.1. The lowest BCUT2D eigenvalue weighted by Gasteiger charge is -2.30. The Kier molecular flexibility index (Phi) is 5.62. The van der Waals surface area contributed by atoms with Crippen LogP contribution in [0.3, 0.4) is 0 Å². The quantitative estimate of drug-likeness (QED) is 0.211. The largest absolute Gasteiger partial charge is 0.507 e. The second kappa shape index (κ2) is 8.74. The number of aromatic amines is 1. The average molecular weight is 543 g/mol. The lowest BCUT2D eigenvalue weighted by Crippen LogP contribution is -2.41. The van der Waals surface area contributed by atoms with Crippen molar-refractivity contribution in [3.63, 3.8) is 0 Å². The number of aryl methyl sites for hydroxylation is 1. The molecule has 3 aromatic rings. The van der Waals surface area contributed by atoms with Gasteiger partial charge in [-0.3, -0.25) is 14.4 Å². The van der Waals surface area contributed by atoms with Gasteiger partial charge in [0.15, 0.2) is 17.3 Å². The monoisotopic (exact) mass is 542 g/mol. The minimum absolute atomic E-state index is 0.0152. The van der Waals surface area contributed by atoms with Crippen molar-refractivity contribution in [2.75, 3.05) is 7.11 Å². The molecule has 206 valence electrons. The molecule has 9 nitrogen and oxygen atoms in total. The number of hydrogen-bond acceptors (Lipinski definition) is 8. The summed E-state index contributed by atoms with van der Waals surface area (Å²) < 4.78 is 11.3. The molecule has 2 aromatic carbocycles. The van der Waals surface area contributed by atoms with Crippen molar-refractivity contribution < 1.29 is 34.1 Å². The number of aromatic hydroxyl groups is 2. The van der Waals surface area contributed by atoms with Crippen molar-refractivity contribution in [2.24, 2.45) is 0 Å². The first-order chi connectivity index (χ1) is 19.0. The summed E-state index contributed by atoms with van der Waals surface area (Å²) in [6, 6.07) is 5.74. The fraction of sp³-hybridized carbons (Fsp3) is 0.323. The van der Waals surface area contributed by atoms with Gasteiger partial charge in [-0.1, -0.05) is 0 Å². The summed E-state index contributed by atoms with van der Waals surface area (Å²) in [7, 11) is 1.64. The maximum absolute atomic E-state index is 14.2. The molecule has 2 aliphatic carbocycles. The third kappa shape index (κ3) is 3.36. The molecule has 0 fully saturated rings. The van der Waals surface area contributed by atoms with E-state index in [0.29, 0.717) is 5.70 Å². The Labute approximate surface area is 230 Å². The molecule has 9 heteroatoms. The van der Waals surface area contributed by atoms with Crippen molar-refractivity contribution in [1.29, 1.82) is 0 Å². The normalized spacial score (nSPS) is 22.7. The van der Waals surface area contributed by atoms with Gasteiger partial charge < -0.3 is 30.0 Å². The van der Waals surface area contributed by atoms with E-state index in [1.165, 1.54) is 25.5 Å². The van der Waals surface area contributed by atoms with E-state index >= 15 is 0 Å². The Morgan fingerprint density at radius 2 is 1.95 bits per heavy atom. The molecule has 0 radical (unpaired) electrons. The van der Waals surface area contributed by atoms with Gasteiger partial charge in [0.25, 0.3) is 0 Å². The lowest BCUT2D eigenvalue weighted by atomic mass is 9.70. The molecule has 0 saturated carbocycles. The molecule has 0 bridgehead atoms. The highest BCUT2D eigenvalue weighted by Gasteiger charge is 2.56. The fourth-order valence-electron chi connectivity index (χ4n) is 6.41. The van der Waals surface area contributed by atoms with Gasteiger partial charge in [0.2, 0.25) is 0 Å². The van der Waals surface area contributed by atoms with Crippen molar-refractivity contribution in [2.45, 2.75) is 58.4 Å². The molecule has 2 atom stereocenters. The van der Waals surface area contributed by atoms with Gasteiger partial charge in [-0.15, -0.1) is 0 Å². The molecule has 0 saturated heterocycles. The number of ketones is 3. The molecule has 6 rings (SSSR count). The second-order valence-corrected chi connectivity index (χ2v) is 10.9. The Bertz CT molecular complexity index is 1740. The molecular formula is C31H30N2O7. The van der Waals surface area contributed by atoms with Crippen LogP contribution in [0, 0.1) is 6.92 Å². The Hall–Kier alpha value is -4.53. The average Bonchev–Trinajstić information content (AvgIpc) is 3.43. The highest BCUT2D eigenvalue weighted by Crippen LogP contribution is 2.57. The first-order valence-electron chi connectivity index (χ1n) is 13.2. The number of carbonyl (C=O) groups is 3. The van der Waals surface area contributed by atoms with Crippen molar-refractivity contribution in [1.82, 2.24) is 10.3 Å². The van der Waals surface area contributed by atoms with E-state index in [1.54, 1.807) is 21.0 Å². The van der Waals surface area contributed by atoms with E-state index in [1.807, 2.05) is 18.2 Å². The number of H-pyrrole nitrogens is 1. The standard InChI is InChI=1S/C31H30N2O7/c1-13-27(36)24(15(3)34)29-25(28(13)37)31(4)22(40-29)12-21(35)23(30(31)38)14(2)32-20-8-6-7-17-18-11-16(39-5)9-10-19(18)33-26(17)20/h9-12,20,32-33,36-37H,6-8H2,1-5H3/b23-14+/t20-,31+/m1/s1. The molecule has 4 N–H and O–H groups in total. The van der Waals surface area contributed by atoms with E-state index in [-0.39, 0.29) is 45.6 Å². The summed E-state index contributed by atoms with van der Waals surface area (Å²) in [6.45, 7) is 5.99. The van der Waals surface area contributed by atoms with Crippen LogP contribution in [0.5, 0.6) is 23.0 Å². The van der Waals surface area contributed by atoms with E-state index < -0.39 is 28.5 Å². The smallest absolute Gasteiger partial charge is 0.194 e. The molecule has 0 spiro atoms. The number of Topliss-reactive ketones (excluding diaryl/α,β-unsaturated/α-hetero) is 2. The van der Waals surface area contributed by atoms with E-state index in [2.05, 4.69) is 10.3 Å². The van der Waals surface area contributed by atoms with Crippen LogP contribution in [0.15, 0.2) is 41.3 Å². The van der Waals surface area contributed by atoms with Crippen molar-refractivity contribution >= 4 is 28.3 Å². The summed E-state index contributed by atoms with van der Waals surface area (Å²) in [5.74, 6) is -1.64. The van der Waals surface area contributed by atoms with Crippen LogP contribution in [-0.4, -0.2) is 39.7 Å². The third-order valence-corrected chi connectivity index (χ3v) is 8.56. The number of aromatic nitrogens is 1. The first kappa shape index (κ1) is 25.7. The molecule has 1 aromatic heterocycles. The number of ether oxygens (including phenoxy) is 2. The zero-order valence-electron chi connectivity index (χ0n) is 22.9. The third-order valence-electron chi connectivity index (χ3n) is 8.56. The van der Waals surface area contributed by atoms with Crippen LogP contribution in [0.25, 0.3) is 10.9 Å². The minimum atomic E-state index is -1.55. The predicted octanol–water partition coefficient (Wildman–Crippen LogP) is 4.73. The van der Waals surface area contributed by atoms with E-state index in [4.69, 9.17) is 9.47 Å². The number of nitrogens with one attached hydrogen (secondary N) is 2. The number of carbonyl (C=O) groups excluding carboxylic acids is 3. The van der Waals surface area contributed by atoms with Gasteiger partial charge in [0, 0.05) is 33.9 Å². The first-order valence-corrected chi connectivity index (χ1v) is 13.2. The number of phenolic OH excluding ortho intramolecular Hbond substituents is 2. The second-order valence-electron chi connectivity index (χ2n) is 10.9. The summed E-state index contributed by atoms with van der Waals surface area (Å²) in [5.41, 5.74) is 2.01. The van der Waals surface area contributed by atoms with Gasteiger partial charge in [0.1, 0.15) is 39.7 Å². The van der Waals surface area contributed by atoms with Crippen molar-refractivity contribution in [3.05, 3.63) is 69.3 Å². The van der Waals surface area contributed by atoms with Gasteiger partial charge in [0.05, 0.1) is 24.3 Å². The maximum atomic E-state index is 14.2. The predicted molar refractivity (Wildman–Crippen MR) is 147 cm³/mol. The van der Waals surface area contributed by atoms with Crippen LogP contribution in [0.4, 0.5) is 0 Å². The maximum Gasteiger partial charge on any atom is 0.194 e. The molecular weight excluding hydrogens is 512 g/mol. The summed E-state index contributed by atoms with van der Waals surface area (Å²) in [4.78, 5) is 43.4. The Morgan fingerprint density at radius 1 is 1.20 bits per heavy atom. The Morgan fingerprint density at radius 3 is 2.65 bits per heavy atom. The topological polar surface area (TPSA) is 138 Å². The summed E-state index contributed by atoms with van der Waals surface area (Å²) in [6.07, 6.45) is 3.86. The number of phenols is 2. The van der Waals surface area contributed by atoms with Crippen molar-refractivity contribution in [3.8, 4) is 23.0 Å². The molecule has 40 heavy (non-hydrogen) atoms. The number of fused-ring (bicyclic) bond motifs is 6. The van der Waals surface area contributed by atoms with Gasteiger partial charge in [-0.2, -0.15) is 0 Å². The SMILES string of the molecule is COc1ccc2[nH]c3c(c2c1)CCC[C@H]3N/C(C)=C1\C(=O)C=C2Oc3c(C(C)=O)c(O)c(C)c(O)c3[C@@]2(C)C1=O. The highest BCUT2D eigenvalue weighted by atomic mass is 16.5. The molecule has 3 aliphatic rings. The molecule has 0 unspecified atom stereocenters. The number of rotatable bonds is 4. The fourth-order valence-corrected chi connectivity index (χ4v) is 6.41. The number of methoxy groups -OCH3 is 1. The van der Waals surface area contributed by atoms with Gasteiger partial charge in [-0.05, 0) is 70.7 Å². The highest BCUT2D eigenvalue weighted by molar-refractivity contribution is 6.31. The van der Waals surface area contributed by atoms with Crippen LogP contribution < -0.4 is 14.8 Å². The van der Waals surface area contributed by atoms with Crippen LogP contribution in [0.1, 0.15) is 72.4 Å². The Balaban J connectivity index is 1.44. The minimum Gasteiger partial charge on any atom is -0.507 e. The number of hydrogen-bond donors (Lipinski definition) is 4. The van der Waals surface area contributed by atoms with Gasteiger partial charge >= 0.3 is 0 Å². The van der Waals surface area contributed by atoms with Crippen LogP contribution in [-0.2, 0) is 21.4 Å². The number of benzene rings is 2. The van der Waals surface area contributed by atoms with E-state index in [9.17, 15) is 24.6 Å². The lowest BCUT2D eigenvalue weighted by molar-refractivity contribution is -0.123. The number of allylic oxidation sites excluding steroid dienone is 4. The molecule has 0 amide bonds. The zero-order chi connectivity index (χ0) is 28.7. The van der Waals surface area contributed by atoms with E-state index in [0.717, 1.165) is 41.6 Å². The van der Waals surface area contributed by atoms with Gasteiger partial charge in [-0.25, -0.2) is 0 Å². The van der Waals surface area contributed by atoms with Crippen LogP contribution in [0.2, 0.25) is 0 Å². The molecule has 1 aliphatic heterocycles. The molecule has 2 heterocycles. The van der Waals surface area contributed by atoms with Crippen LogP contribution >= 0.6 is 0 Å². The summed E-state index contributed by atoms with van der Waals surface area (Å²) >= 11 is 0. The zero-order valence-corrected chi connectivity index (χ0v) is 22.9.